The summed E-state index contributed by atoms with van der Waals surface area (Å²) in [7, 11) is -3.56. The van der Waals surface area contributed by atoms with Gasteiger partial charge in [-0.15, -0.1) is 34.0 Å². The number of anilines is 1. The van der Waals surface area contributed by atoms with Gasteiger partial charge in [0.2, 0.25) is 5.91 Å². The van der Waals surface area contributed by atoms with Gasteiger partial charge in [0.25, 0.3) is 10.0 Å². The van der Waals surface area contributed by atoms with Gasteiger partial charge in [0.15, 0.2) is 0 Å². The van der Waals surface area contributed by atoms with E-state index < -0.39 is 10.0 Å². The lowest BCUT2D eigenvalue weighted by Crippen LogP contribution is -2.41. The van der Waals surface area contributed by atoms with E-state index in [1.165, 1.54) is 21.7 Å². The number of sulfonamides is 1. The minimum atomic E-state index is -3.56. The molecule has 1 amide bonds. The van der Waals surface area contributed by atoms with Gasteiger partial charge in [-0.2, -0.15) is 4.31 Å². The van der Waals surface area contributed by atoms with Crippen LogP contribution in [-0.4, -0.2) is 36.7 Å². The SMILES string of the molecule is O=C(Nc1sccc1-c1nc2ccccc2s1)C1CCN(S(=O)(=O)c2ccc(Cl)s2)CC1. The number of carbonyl (C=O) groups is 1. The molecule has 11 heteroatoms. The van der Waals surface area contributed by atoms with Gasteiger partial charge >= 0.3 is 0 Å². The maximum Gasteiger partial charge on any atom is 0.252 e. The molecule has 1 N–H and O–H groups in total. The van der Waals surface area contributed by atoms with Crippen molar-refractivity contribution in [1.29, 1.82) is 0 Å². The smallest absolute Gasteiger partial charge is 0.252 e. The molecule has 4 aromatic rings. The minimum absolute atomic E-state index is 0.0778. The molecule has 5 rings (SSSR count). The number of thiophene rings is 2. The Kier molecular flexibility index (Phi) is 6.08. The van der Waals surface area contributed by atoms with Crippen molar-refractivity contribution in [2.45, 2.75) is 17.1 Å². The van der Waals surface area contributed by atoms with E-state index in [0.717, 1.165) is 37.1 Å². The molecule has 1 aliphatic rings. The van der Waals surface area contributed by atoms with Crippen molar-refractivity contribution in [3.05, 3.63) is 52.2 Å². The van der Waals surface area contributed by atoms with Crippen LogP contribution in [0.4, 0.5) is 5.00 Å². The van der Waals surface area contributed by atoms with Crippen LogP contribution >= 0.6 is 45.6 Å². The van der Waals surface area contributed by atoms with E-state index in [9.17, 15) is 13.2 Å². The summed E-state index contributed by atoms with van der Waals surface area (Å²) in [6, 6.07) is 13.0. The Morgan fingerprint density at radius 1 is 1.09 bits per heavy atom. The van der Waals surface area contributed by atoms with Gasteiger partial charge in [0.05, 0.1) is 14.6 Å². The highest BCUT2D eigenvalue weighted by molar-refractivity contribution is 7.91. The molecule has 4 heterocycles. The number of nitrogens with zero attached hydrogens (tertiary/aromatic N) is 2. The van der Waals surface area contributed by atoms with E-state index in [0.29, 0.717) is 30.3 Å². The fourth-order valence-corrected chi connectivity index (χ4v) is 8.66. The molecule has 0 radical (unpaired) electrons. The molecule has 0 saturated carbocycles. The number of benzene rings is 1. The summed E-state index contributed by atoms with van der Waals surface area (Å²) in [6.45, 7) is 0.621. The monoisotopic (exact) mass is 523 g/mol. The van der Waals surface area contributed by atoms with Gasteiger partial charge in [-0.05, 0) is 48.6 Å². The first-order chi connectivity index (χ1) is 15.4. The van der Waals surface area contributed by atoms with Gasteiger partial charge in [-0.25, -0.2) is 13.4 Å². The van der Waals surface area contributed by atoms with Crippen LogP contribution in [0.25, 0.3) is 20.8 Å². The van der Waals surface area contributed by atoms with E-state index in [4.69, 9.17) is 16.6 Å². The third kappa shape index (κ3) is 4.23. The van der Waals surface area contributed by atoms with E-state index in [2.05, 4.69) is 5.32 Å². The Morgan fingerprint density at radius 3 is 2.59 bits per heavy atom. The second-order valence-electron chi connectivity index (χ2n) is 7.38. The predicted molar refractivity (Wildman–Crippen MR) is 132 cm³/mol. The molecule has 1 aliphatic heterocycles. The lowest BCUT2D eigenvalue weighted by molar-refractivity contribution is -0.120. The van der Waals surface area contributed by atoms with Gasteiger partial charge in [0, 0.05) is 24.6 Å². The first kappa shape index (κ1) is 22.0. The first-order valence-electron chi connectivity index (χ1n) is 9.91. The number of thiazole rings is 1. The number of nitrogens with one attached hydrogen (secondary N) is 1. The van der Waals surface area contributed by atoms with Crippen LogP contribution in [0, 0.1) is 5.92 Å². The van der Waals surface area contributed by atoms with Crippen LogP contribution in [0.1, 0.15) is 12.8 Å². The third-order valence-electron chi connectivity index (χ3n) is 5.39. The van der Waals surface area contributed by atoms with Crippen LogP contribution < -0.4 is 5.32 Å². The van der Waals surface area contributed by atoms with Crippen molar-refractivity contribution >= 4 is 76.8 Å². The maximum absolute atomic E-state index is 12.9. The molecular formula is C21H18ClN3O3S4. The van der Waals surface area contributed by atoms with Gasteiger partial charge in [-0.1, -0.05) is 23.7 Å². The molecule has 3 aromatic heterocycles. The Bertz CT molecular complexity index is 1350. The van der Waals surface area contributed by atoms with Gasteiger partial charge in [-0.3, -0.25) is 4.79 Å². The van der Waals surface area contributed by atoms with Crippen molar-refractivity contribution in [3.8, 4) is 10.6 Å². The normalized spacial score (nSPS) is 15.9. The molecule has 0 bridgehead atoms. The highest BCUT2D eigenvalue weighted by atomic mass is 35.5. The molecule has 32 heavy (non-hydrogen) atoms. The summed E-state index contributed by atoms with van der Waals surface area (Å²) in [5, 5.41) is 6.65. The Hall–Kier alpha value is -1.82. The highest BCUT2D eigenvalue weighted by Crippen LogP contribution is 2.38. The fraction of sp³-hybridized carbons (Fsp3) is 0.238. The second kappa shape index (κ2) is 8.85. The number of carbonyl (C=O) groups excluding carboxylic acids is 1. The Balaban J connectivity index is 1.26. The van der Waals surface area contributed by atoms with Crippen LogP contribution in [0.3, 0.4) is 0 Å². The number of amides is 1. The number of halogens is 1. The van der Waals surface area contributed by atoms with Crippen molar-refractivity contribution in [2.75, 3.05) is 18.4 Å². The number of aromatic nitrogens is 1. The lowest BCUT2D eigenvalue weighted by Gasteiger charge is -2.30. The number of rotatable bonds is 5. The summed E-state index contributed by atoms with van der Waals surface area (Å²) in [5.41, 5.74) is 1.86. The molecule has 0 spiro atoms. The van der Waals surface area contributed by atoms with Crippen LogP contribution in [0.5, 0.6) is 0 Å². The average molecular weight is 524 g/mol. The van der Waals surface area contributed by atoms with Crippen LogP contribution in [-0.2, 0) is 14.8 Å². The lowest BCUT2D eigenvalue weighted by atomic mass is 9.97. The van der Waals surface area contributed by atoms with Crippen LogP contribution in [0.15, 0.2) is 52.1 Å². The molecule has 0 unspecified atom stereocenters. The molecule has 0 aliphatic carbocycles. The number of piperidine rings is 1. The summed E-state index contributed by atoms with van der Waals surface area (Å²) in [6.07, 6.45) is 0.956. The quantitative estimate of drug-likeness (QED) is 0.359. The molecule has 1 fully saturated rings. The van der Waals surface area contributed by atoms with Crippen LogP contribution in [0.2, 0.25) is 4.34 Å². The first-order valence-corrected chi connectivity index (χ1v) is 14.2. The van der Waals surface area contributed by atoms with Crippen molar-refractivity contribution in [1.82, 2.24) is 9.29 Å². The zero-order chi connectivity index (χ0) is 22.3. The molecule has 166 valence electrons. The molecule has 6 nitrogen and oxygen atoms in total. The third-order valence-corrected chi connectivity index (χ3v) is 10.9. The summed E-state index contributed by atoms with van der Waals surface area (Å²) >= 11 is 10.0. The molecule has 0 atom stereocenters. The zero-order valence-electron chi connectivity index (χ0n) is 16.7. The number of hydrogen-bond acceptors (Lipinski definition) is 7. The number of fused-ring (bicyclic) bond motifs is 1. The van der Waals surface area contributed by atoms with Crippen molar-refractivity contribution < 1.29 is 13.2 Å². The minimum Gasteiger partial charge on any atom is -0.317 e. The molecule has 1 saturated heterocycles. The summed E-state index contributed by atoms with van der Waals surface area (Å²) in [4.78, 5) is 17.6. The highest BCUT2D eigenvalue weighted by Gasteiger charge is 2.33. The standard InChI is InChI=1S/C21H18ClN3O3S4/c22-17-5-6-18(31-17)32(27,28)25-10-7-13(8-11-25)19(26)24-20-14(9-12-29-20)21-23-15-3-1-2-4-16(15)30-21/h1-6,9,12-13H,7-8,10-11H2,(H,24,26). The maximum atomic E-state index is 12.9. The number of para-hydroxylation sites is 1. The van der Waals surface area contributed by atoms with E-state index in [1.807, 2.05) is 35.7 Å². The summed E-state index contributed by atoms with van der Waals surface area (Å²) < 4.78 is 28.8. The van der Waals surface area contributed by atoms with Crippen molar-refractivity contribution in [2.24, 2.45) is 5.92 Å². The van der Waals surface area contributed by atoms with Gasteiger partial charge < -0.3 is 5.32 Å². The Morgan fingerprint density at radius 2 is 1.88 bits per heavy atom. The zero-order valence-corrected chi connectivity index (χ0v) is 20.7. The topological polar surface area (TPSA) is 79.4 Å². The van der Waals surface area contributed by atoms with Gasteiger partial charge in [0.1, 0.15) is 14.2 Å². The fourth-order valence-electron chi connectivity index (χ4n) is 3.70. The van der Waals surface area contributed by atoms with E-state index in [1.54, 1.807) is 17.4 Å². The average Bonchev–Trinajstić information content (AvgIpc) is 3.53. The second-order valence-corrected chi connectivity index (χ2v) is 13.2. The largest absolute Gasteiger partial charge is 0.317 e. The van der Waals surface area contributed by atoms with E-state index >= 15 is 0 Å². The van der Waals surface area contributed by atoms with E-state index in [-0.39, 0.29) is 16.0 Å². The molecule has 1 aromatic carbocycles. The number of hydrogen-bond donors (Lipinski definition) is 1. The summed E-state index contributed by atoms with van der Waals surface area (Å²) in [5.74, 6) is -0.315. The molecular weight excluding hydrogens is 506 g/mol. The Labute approximate surface area is 202 Å². The predicted octanol–water partition coefficient (Wildman–Crippen LogP) is 5.78. The van der Waals surface area contributed by atoms with Crippen molar-refractivity contribution in [3.63, 3.8) is 0 Å².